The molecule has 2 rings (SSSR count). The lowest BCUT2D eigenvalue weighted by Gasteiger charge is -2.34. The molecule has 18 heavy (non-hydrogen) atoms. The monoisotopic (exact) mass is 277 g/mol. The Labute approximate surface area is 110 Å². The van der Waals surface area contributed by atoms with E-state index in [0.717, 1.165) is 18.9 Å². The van der Waals surface area contributed by atoms with Crippen molar-refractivity contribution in [3.8, 4) is 0 Å². The van der Waals surface area contributed by atoms with Crippen molar-refractivity contribution in [3.63, 3.8) is 0 Å². The fourth-order valence-corrected chi connectivity index (χ4v) is 2.63. The van der Waals surface area contributed by atoms with E-state index in [-0.39, 0.29) is 5.69 Å². The van der Waals surface area contributed by atoms with Crippen molar-refractivity contribution < 1.29 is 13.2 Å². The van der Waals surface area contributed by atoms with Gasteiger partial charge in [-0.1, -0.05) is 12.1 Å². The Bertz CT molecular complexity index is 397. The van der Waals surface area contributed by atoms with Gasteiger partial charge in [-0.05, 0) is 30.9 Å². The summed E-state index contributed by atoms with van der Waals surface area (Å²) in [5.74, 6) is 1.02. The molecule has 0 N–H and O–H groups in total. The van der Waals surface area contributed by atoms with Crippen LogP contribution in [0.3, 0.4) is 0 Å². The summed E-state index contributed by atoms with van der Waals surface area (Å²) in [6, 6.07) is 5.77. The van der Waals surface area contributed by atoms with Gasteiger partial charge in [-0.15, -0.1) is 11.6 Å². The number of halogens is 4. The molecule has 5 heteroatoms. The summed E-state index contributed by atoms with van der Waals surface area (Å²) in [5.41, 5.74) is -0.257. The normalized spacial score (nSPS) is 18.1. The average molecular weight is 278 g/mol. The van der Waals surface area contributed by atoms with E-state index in [1.807, 2.05) is 4.90 Å². The van der Waals surface area contributed by atoms with E-state index < -0.39 is 11.7 Å². The zero-order valence-corrected chi connectivity index (χ0v) is 10.6. The van der Waals surface area contributed by atoms with Gasteiger partial charge in [-0.3, -0.25) is 0 Å². The Kier molecular flexibility index (Phi) is 4.05. The fourth-order valence-electron chi connectivity index (χ4n) is 2.32. The van der Waals surface area contributed by atoms with Gasteiger partial charge >= 0.3 is 6.18 Å². The van der Waals surface area contributed by atoms with Crippen molar-refractivity contribution in [1.82, 2.24) is 0 Å². The molecule has 0 aliphatic carbocycles. The van der Waals surface area contributed by atoms with Crippen LogP contribution < -0.4 is 4.90 Å². The molecular formula is C13H15ClF3N. The van der Waals surface area contributed by atoms with E-state index in [0.29, 0.717) is 24.9 Å². The maximum Gasteiger partial charge on any atom is 0.418 e. The molecule has 0 aromatic heterocycles. The highest BCUT2D eigenvalue weighted by molar-refractivity contribution is 6.18. The van der Waals surface area contributed by atoms with Crippen molar-refractivity contribution in [2.75, 3.05) is 23.9 Å². The molecule has 100 valence electrons. The molecule has 1 aliphatic rings. The topological polar surface area (TPSA) is 3.24 Å². The lowest BCUT2D eigenvalue weighted by molar-refractivity contribution is -0.137. The lowest BCUT2D eigenvalue weighted by atomic mass is 9.98. The van der Waals surface area contributed by atoms with Gasteiger partial charge in [-0.25, -0.2) is 0 Å². The van der Waals surface area contributed by atoms with Gasteiger partial charge in [0.15, 0.2) is 0 Å². The third-order valence-corrected chi connectivity index (χ3v) is 3.82. The first-order valence-electron chi connectivity index (χ1n) is 5.99. The van der Waals surface area contributed by atoms with Gasteiger partial charge in [0.2, 0.25) is 0 Å². The first kappa shape index (κ1) is 13.5. The maximum absolute atomic E-state index is 12.9. The summed E-state index contributed by atoms with van der Waals surface area (Å²) in [5, 5.41) is 0. The van der Waals surface area contributed by atoms with Gasteiger partial charge in [0.1, 0.15) is 0 Å². The highest BCUT2D eigenvalue weighted by atomic mass is 35.5. The fraction of sp³-hybridized carbons (Fsp3) is 0.538. The van der Waals surface area contributed by atoms with Crippen LogP contribution in [0.5, 0.6) is 0 Å². The summed E-state index contributed by atoms with van der Waals surface area (Å²) in [7, 11) is 0. The van der Waals surface area contributed by atoms with Crippen LogP contribution >= 0.6 is 11.6 Å². The van der Waals surface area contributed by atoms with Gasteiger partial charge in [0, 0.05) is 24.7 Å². The second kappa shape index (κ2) is 5.39. The summed E-state index contributed by atoms with van der Waals surface area (Å²) in [6.45, 7) is 1.29. The van der Waals surface area contributed by atoms with Crippen LogP contribution in [0.4, 0.5) is 18.9 Å². The number of hydrogen-bond donors (Lipinski definition) is 0. The quantitative estimate of drug-likeness (QED) is 0.734. The van der Waals surface area contributed by atoms with E-state index in [2.05, 4.69) is 0 Å². The van der Waals surface area contributed by atoms with Crippen molar-refractivity contribution in [1.29, 1.82) is 0 Å². The van der Waals surface area contributed by atoms with Crippen LogP contribution in [0.2, 0.25) is 0 Å². The van der Waals surface area contributed by atoms with Crippen molar-refractivity contribution >= 4 is 17.3 Å². The standard InChI is InChI=1S/C13H15ClF3N/c14-9-10-5-7-18(8-6-10)12-4-2-1-3-11(12)13(15,16)17/h1-4,10H,5-9H2. The minimum absolute atomic E-state index is 0.290. The maximum atomic E-state index is 12.9. The largest absolute Gasteiger partial charge is 0.418 e. The van der Waals surface area contributed by atoms with Crippen LogP contribution in [-0.4, -0.2) is 19.0 Å². The second-order valence-corrected chi connectivity index (χ2v) is 4.91. The zero-order chi connectivity index (χ0) is 13.2. The Morgan fingerprint density at radius 2 is 1.78 bits per heavy atom. The number of benzene rings is 1. The number of piperidine rings is 1. The molecule has 0 atom stereocenters. The Balaban J connectivity index is 2.19. The summed E-state index contributed by atoms with van der Waals surface area (Å²) in [4.78, 5) is 1.81. The molecule has 0 saturated carbocycles. The van der Waals surface area contributed by atoms with Gasteiger partial charge in [0.25, 0.3) is 0 Å². The molecule has 0 amide bonds. The molecule has 1 saturated heterocycles. The Morgan fingerprint density at radius 1 is 1.17 bits per heavy atom. The number of para-hydroxylation sites is 1. The number of hydrogen-bond acceptors (Lipinski definition) is 1. The van der Waals surface area contributed by atoms with Crippen LogP contribution in [0.25, 0.3) is 0 Å². The highest BCUT2D eigenvalue weighted by Crippen LogP contribution is 2.37. The van der Waals surface area contributed by atoms with E-state index in [1.54, 1.807) is 12.1 Å². The van der Waals surface area contributed by atoms with Crippen LogP contribution in [0.15, 0.2) is 24.3 Å². The predicted octanol–water partition coefficient (Wildman–Crippen LogP) is 4.16. The molecule has 0 spiro atoms. The van der Waals surface area contributed by atoms with Gasteiger partial charge in [0.05, 0.1) is 5.56 Å². The molecule has 1 aromatic carbocycles. The minimum atomic E-state index is -4.29. The van der Waals surface area contributed by atoms with E-state index in [1.165, 1.54) is 6.07 Å². The minimum Gasteiger partial charge on any atom is -0.371 e. The predicted molar refractivity (Wildman–Crippen MR) is 67.1 cm³/mol. The number of nitrogens with zero attached hydrogens (tertiary/aromatic N) is 1. The lowest BCUT2D eigenvalue weighted by Crippen LogP contribution is -2.35. The SMILES string of the molecule is FC(F)(F)c1ccccc1N1CCC(CCl)CC1. The second-order valence-electron chi connectivity index (χ2n) is 4.60. The molecule has 0 unspecified atom stereocenters. The zero-order valence-electron chi connectivity index (χ0n) is 9.88. The van der Waals surface area contributed by atoms with E-state index in [4.69, 9.17) is 11.6 Å². The molecule has 1 fully saturated rings. The first-order chi connectivity index (χ1) is 8.52. The van der Waals surface area contributed by atoms with Crippen molar-refractivity contribution in [2.45, 2.75) is 19.0 Å². The number of alkyl halides is 4. The van der Waals surface area contributed by atoms with Crippen LogP contribution in [0.1, 0.15) is 18.4 Å². The van der Waals surface area contributed by atoms with Gasteiger partial charge < -0.3 is 4.90 Å². The van der Waals surface area contributed by atoms with E-state index >= 15 is 0 Å². The smallest absolute Gasteiger partial charge is 0.371 e. The Morgan fingerprint density at radius 3 is 2.33 bits per heavy atom. The van der Waals surface area contributed by atoms with Crippen molar-refractivity contribution in [2.24, 2.45) is 5.92 Å². The van der Waals surface area contributed by atoms with Crippen LogP contribution in [0, 0.1) is 5.92 Å². The third kappa shape index (κ3) is 2.91. The highest BCUT2D eigenvalue weighted by Gasteiger charge is 2.35. The summed E-state index contributed by atoms with van der Waals surface area (Å²) in [6.07, 6.45) is -2.58. The molecule has 1 aromatic rings. The molecule has 0 radical (unpaired) electrons. The van der Waals surface area contributed by atoms with Crippen molar-refractivity contribution in [3.05, 3.63) is 29.8 Å². The molecular weight excluding hydrogens is 263 g/mol. The molecule has 1 aliphatic heterocycles. The van der Waals surface area contributed by atoms with Gasteiger partial charge in [-0.2, -0.15) is 13.2 Å². The first-order valence-corrected chi connectivity index (χ1v) is 6.53. The van der Waals surface area contributed by atoms with E-state index in [9.17, 15) is 13.2 Å². The third-order valence-electron chi connectivity index (χ3n) is 3.38. The number of anilines is 1. The number of rotatable bonds is 2. The average Bonchev–Trinajstić information content (AvgIpc) is 2.38. The van der Waals surface area contributed by atoms with Crippen LogP contribution in [-0.2, 0) is 6.18 Å². The molecule has 1 heterocycles. The molecule has 0 bridgehead atoms. The summed E-state index contributed by atoms with van der Waals surface area (Å²) >= 11 is 5.78. The Hall–Kier alpha value is -0.900. The summed E-state index contributed by atoms with van der Waals surface area (Å²) < 4.78 is 38.7. The molecule has 1 nitrogen and oxygen atoms in total.